The van der Waals surface area contributed by atoms with Crippen molar-refractivity contribution in [1.82, 2.24) is 14.9 Å². The number of carbonyl (C=O) groups excluding carboxylic acids is 1. The van der Waals surface area contributed by atoms with Gasteiger partial charge in [0.1, 0.15) is 5.75 Å². The van der Waals surface area contributed by atoms with E-state index in [2.05, 4.69) is 22.0 Å². The normalized spacial score (nSPS) is 16.3. The van der Waals surface area contributed by atoms with E-state index in [9.17, 15) is 13.2 Å². The van der Waals surface area contributed by atoms with Crippen molar-refractivity contribution in [2.75, 3.05) is 33.3 Å². The zero-order chi connectivity index (χ0) is 19.9. The number of nitrogens with one attached hydrogen (secondary N) is 2. The minimum absolute atomic E-state index is 0.0757. The number of sulfonamides is 1. The number of ether oxygens (including phenoxy) is 1. The van der Waals surface area contributed by atoms with E-state index in [1.54, 1.807) is 0 Å². The van der Waals surface area contributed by atoms with Gasteiger partial charge in [0.15, 0.2) is 6.61 Å². The van der Waals surface area contributed by atoms with Crippen LogP contribution in [0.5, 0.6) is 5.75 Å². The summed E-state index contributed by atoms with van der Waals surface area (Å²) in [5.74, 6) is 0.0706. The molecule has 7 nitrogen and oxygen atoms in total. The summed E-state index contributed by atoms with van der Waals surface area (Å²) in [4.78, 5) is 14.4. The lowest BCUT2D eigenvalue weighted by Gasteiger charge is -2.29. The van der Waals surface area contributed by atoms with E-state index in [-0.39, 0.29) is 34.2 Å². The number of halogens is 1. The minimum atomic E-state index is -3.60. The Kier molecular flexibility index (Phi) is 8.34. The summed E-state index contributed by atoms with van der Waals surface area (Å²) < 4.78 is 32.4. The first-order valence-electron chi connectivity index (χ1n) is 9.21. The second kappa shape index (κ2) is 10.3. The van der Waals surface area contributed by atoms with E-state index in [1.807, 2.05) is 6.92 Å². The molecule has 9 heteroatoms. The van der Waals surface area contributed by atoms with Crippen molar-refractivity contribution in [3.63, 3.8) is 0 Å². The standard InChI is InChI=1S/C18H28ClN3O4S/c1-3-4-9-20-27(24,25)15-5-6-17(16(19)12-15)26-13-18(23)21-14-7-10-22(2)11-8-14/h5-6,12,14,20H,3-4,7-11,13H2,1-2H3,(H,21,23). The summed E-state index contributed by atoms with van der Waals surface area (Å²) in [5, 5.41) is 3.11. The lowest BCUT2D eigenvalue weighted by molar-refractivity contribution is -0.124. The molecule has 0 unspecified atom stereocenters. The van der Waals surface area contributed by atoms with Gasteiger partial charge in [-0.3, -0.25) is 4.79 Å². The van der Waals surface area contributed by atoms with Gasteiger partial charge in [-0.2, -0.15) is 0 Å². The SMILES string of the molecule is CCCCNS(=O)(=O)c1ccc(OCC(=O)NC2CCN(C)CC2)c(Cl)c1. The van der Waals surface area contributed by atoms with Crippen molar-refractivity contribution in [2.45, 2.75) is 43.5 Å². The number of benzene rings is 1. The molecule has 0 aliphatic carbocycles. The van der Waals surface area contributed by atoms with Crippen molar-refractivity contribution in [3.05, 3.63) is 23.2 Å². The second-order valence-corrected chi connectivity index (χ2v) is 8.95. The first-order valence-corrected chi connectivity index (χ1v) is 11.1. The zero-order valence-corrected chi connectivity index (χ0v) is 17.4. The Morgan fingerprint density at radius 2 is 2.04 bits per heavy atom. The van der Waals surface area contributed by atoms with Crippen LogP contribution in [0.25, 0.3) is 0 Å². The highest BCUT2D eigenvalue weighted by Gasteiger charge is 2.19. The van der Waals surface area contributed by atoms with Crippen LogP contribution in [0, 0.1) is 0 Å². The summed E-state index contributed by atoms with van der Waals surface area (Å²) in [7, 11) is -1.54. The number of likely N-dealkylation sites (tertiary alicyclic amines) is 1. The predicted molar refractivity (Wildman–Crippen MR) is 106 cm³/mol. The average Bonchev–Trinajstić information content (AvgIpc) is 2.62. The molecule has 0 spiro atoms. The van der Waals surface area contributed by atoms with Crippen molar-refractivity contribution >= 4 is 27.5 Å². The molecule has 0 atom stereocenters. The maximum Gasteiger partial charge on any atom is 0.258 e. The number of amides is 1. The van der Waals surface area contributed by atoms with Gasteiger partial charge in [0.2, 0.25) is 10.0 Å². The Morgan fingerprint density at radius 3 is 2.67 bits per heavy atom. The fourth-order valence-electron chi connectivity index (χ4n) is 2.80. The van der Waals surface area contributed by atoms with Crippen LogP contribution in [0.1, 0.15) is 32.6 Å². The third-order valence-electron chi connectivity index (χ3n) is 4.48. The van der Waals surface area contributed by atoms with Crippen LogP contribution in [0.4, 0.5) is 0 Å². The number of nitrogens with zero attached hydrogens (tertiary/aromatic N) is 1. The van der Waals surface area contributed by atoms with Crippen LogP contribution in [0.15, 0.2) is 23.1 Å². The van der Waals surface area contributed by atoms with Gasteiger partial charge in [0, 0.05) is 12.6 Å². The van der Waals surface area contributed by atoms with Gasteiger partial charge >= 0.3 is 0 Å². The number of rotatable bonds is 9. The molecule has 27 heavy (non-hydrogen) atoms. The second-order valence-electron chi connectivity index (χ2n) is 6.78. The number of unbranched alkanes of at least 4 members (excludes halogenated alkanes) is 1. The molecule has 0 bridgehead atoms. The molecule has 1 fully saturated rings. The van der Waals surface area contributed by atoms with E-state index in [0.717, 1.165) is 38.8 Å². The molecule has 1 aromatic rings. The van der Waals surface area contributed by atoms with Gasteiger partial charge < -0.3 is 15.0 Å². The summed E-state index contributed by atoms with van der Waals surface area (Å²) in [6.07, 6.45) is 3.50. The molecule has 0 saturated carbocycles. The van der Waals surface area contributed by atoms with Gasteiger partial charge in [-0.25, -0.2) is 13.1 Å². The van der Waals surface area contributed by atoms with E-state index < -0.39 is 10.0 Å². The summed E-state index contributed by atoms with van der Waals surface area (Å²) in [5.41, 5.74) is 0. The van der Waals surface area contributed by atoms with Crippen molar-refractivity contribution in [3.8, 4) is 5.75 Å². The van der Waals surface area contributed by atoms with E-state index >= 15 is 0 Å². The monoisotopic (exact) mass is 417 g/mol. The van der Waals surface area contributed by atoms with Gasteiger partial charge in [-0.1, -0.05) is 24.9 Å². The number of carbonyl (C=O) groups is 1. The number of hydrogen-bond acceptors (Lipinski definition) is 5. The van der Waals surface area contributed by atoms with Crippen LogP contribution >= 0.6 is 11.6 Å². The van der Waals surface area contributed by atoms with Crippen LogP contribution in [0.3, 0.4) is 0 Å². The van der Waals surface area contributed by atoms with Crippen molar-refractivity contribution in [2.24, 2.45) is 0 Å². The molecule has 1 amide bonds. The summed E-state index contributed by atoms with van der Waals surface area (Å²) >= 11 is 6.13. The highest BCUT2D eigenvalue weighted by molar-refractivity contribution is 7.89. The van der Waals surface area contributed by atoms with Crippen LogP contribution in [-0.2, 0) is 14.8 Å². The highest BCUT2D eigenvalue weighted by atomic mass is 35.5. The Bertz CT molecular complexity index is 734. The molecule has 0 radical (unpaired) electrons. The number of hydrogen-bond donors (Lipinski definition) is 2. The molecule has 152 valence electrons. The maximum atomic E-state index is 12.2. The van der Waals surface area contributed by atoms with Crippen LogP contribution < -0.4 is 14.8 Å². The molecule has 1 aromatic carbocycles. The Morgan fingerprint density at radius 1 is 1.33 bits per heavy atom. The molecule has 1 heterocycles. The molecular weight excluding hydrogens is 390 g/mol. The highest BCUT2D eigenvalue weighted by Crippen LogP contribution is 2.27. The Labute approximate surface area is 166 Å². The van der Waals surface area contributed by atoms with E-state index in [4.69, 9.17) is 16.3 Å². The lowest BCUT2D eigenvalue weighted by atomic mass is 10.1. The topological polar surface area (TPSA) is 87.7 Å². The molecule has 1 saturated heterocycles. The summed E-state index contributed by atoms with van der Waals surface area (Å²) in [6.45, 7) is 4.12. The van der Waals surface area contributed by atoms with Gasteiger partial charge in [0.05, 0.1) is 9.92 Å². The molecular formula is C18H28ClN3O4S. The third kappa shape index (κ3) is 6.95. The van der Waals surface area contributed by atoms with Gasteiger partial charge in [-0.05, 0) is 57.6 Å². The van der Waals surface area contributed by atoms with E-state index in [1.165, 1.54) is 18.2 Å². The van der Waals surface area contributed by atoms with E-state index in [0.29, 0.717) is 6.54 Å². The van der Waals surface area contributed by atoms with Crippen molar-refractivity contribution in [1.29, 1.82) is 0 Å². The molecule has 2 rings (SSSR count). The van der Waals surface area contributed by atoms with Crippen LogP contribution in [0.2, 0.25) is 5.02 Å². The fourth-order valence-corrected chi connectivity index (χ4v) is 4.20. The average molecular weight is 418 g/mol. The molecule has 2 N–H and O–H groups in total. The Hall–Kier alpha value is -1.35. The molecule has 1 aliphatic heterocycles. The predicted octanol–water partition coefficient (Wildman–Crippen LogP) is 2.01. The lowest BCUT2D eigenvalue weighted by Crippen LogP contribution is -2.44. The first-order chi connectivity index (χ1) is 12.8. The Balaban J connectivity index is 1.87. The molecule has 0 aromatic heterocycles. The summed E-state index contributed by atoms with van der Waals surface area (Å²) in [6, 6.07) is 4.39. The smallest absolute Gasteiger partial charge is 0.258 e. The maximum absolute atomic E-state index is 12.2. The zero-order valence-electron chi connectivity index (χ0n) is 15.8. The van der Waals surface area contributed by atoms with Gasteiger partial charge in [-0.15, -0.1) is 0 Å². The van der Waals surface area contributed by atoms with Crippen LogP contribution in [-0.4, -0.2) is 58.6 Å². The fraction of sp³-hybridized carbons (Fsp3) is 0.611. The largest absolute Gasteiger partial charge is 0.482 e. The molecule has 1 aliphatic rings. The first kappa shape index (κ1) is 21.9. The van der Waals surface area contributed by atoms with Crippen molar-refractivity contribution < 1.29 is 17.9 Å². The quantitative estimate of drug-likeness (QED) is 0.600. The minimum Gasteiger partial charge on any atom is -0.482 e. The number of piperidine rings is 1. The third-order valence-corrected chi connectivity index (χ3v) is 6.23. The van der Waals surface area contributed by atoms with Gasteiger partial charge in [0.25, 0.3) is 5.91 Å².